The minimum atomic E-state index is -3.43. The van der Waals surface area contributed by atoms with Crippen molar-refractivity contribution in [3.63, 3.8) is 0 Å². The summed E-state index contributed by atoms with van der Waals surface area (Å²) in [6, 6.07) is 6.90. The average Bonchev–Trinajstić information content (AvgIpc) is 2.17. The maximum atomic E-state index is 11.6. The van der Waals surface area contributed by atoms with Gasteiger partial charge in [0.05, 0.1) is 11.0 Å². The molecule has 1 aromatic rings. The Morgan fingerprint density at radius 1 is 1.40 bits per heavy atom. The monoisotopic (exact) mass is 223 g/mol. The standard InChI is InChI=1S/C11H13NO2S/c1-3-10-4-5-11(9(2)8-10)15(13,14)7-6-12/h4-5,8H,3,7H2,1-2H3. The van der Waals surface area contributed by atoms with E-state index >= 15 is 0 Å². The molecule has 4 heteroatoms. The van der Waals surface area contributed by atoms with Crippen LogP contribution in [0, 0.1) is 18.3 Å². The van der Waals surface area contributed by atoms with Gasteiger partial charge in [0.2, 0.25) is 0 Å². The summed E-state index contributed by atoms with van der Waals surface area (Å²) < 4.78 is 23.3. The minimum absolute atomic E-state index is 0.265. The fourth-order valence-corrected chi connectivity index (χ4v) is 2.59. The first-order valence-corrected chi connectivity index (χ1v) is 6.35. The van der Waals surface area contributed by atoms with Gasteiger partial charge in [0.15, 0.2) is 9.84 Å². The summed E-state index contributed by atoms with van der Waals surface area (Å²) in [4.78, 5) is 0.265. The number of aryl methyl sites for hydroxylation is 2. The molecule has 0 N–H and O–H groups in total. The van der Waals surface area contributed by atoms with E-state index < -0.39 is 15.6 Å². The fourth-order valence-electron chi connectivity index (χ4n) is 1.44. The van der Waals surface area contributed by atoms with Gasteiger partial charge in [-0.25, -0.2) is 8.42 Å². The van der Waals surface area contributed by atoms with Gasteiger partial charge in [-0.05, 0) is 30.5 Å². The van der Waals surface area contributed by atoms with Crippen molar-refractivity contribution in [1.29, 1.82) is 5.26 Å². The van der Waals surface area contributed by atoms with E-state index in [-0.39, 0.29) is 4.90 Å². The van der Waals surface area contributed by atoms with Crippen molar-refractivity contribution in [3.8, 4) is 6.07 Å². The Morgan fingerprint density at radius 2 is 2.07 bits per heavy atom. The summed E-state index contributed by atoms with van der Waals surface area (Å²) in [5.41, 5.74) is 1.81. The lowest BCUT2D eigenvalue weighted by Crippen LogP contribution is -2.07. The maximum Gasteiger partial charge on any atom is 0.191 e. The van der Waals surface area contributed by atoms with E-state index in [9.17, 15) is 8.42 Å². The van der Waals surface area contributed by atoms with Gasteiger partial charge < -0.3 is 0 Å². The second kappa shape index (κ2) is 4.45. The molecule has 0 atom stereocenters. The lowest BCUT2D eigenvalue weighted by atomic mass is 10.1. The van der Waals surface area contributed by atoms with Gasteiger partial charge in [0, 0.05) is 0 Å². The number of nitriles is 1. The first-order chi connectivity index (χ1) is 7.01. The van der Waals surface area contributed by atoms with Crippen molar-refractivity contribution in [2.24, 2.45) is 0 Å². The van der Waals surface area contributed by atoms with Crippen molar-refractivity contribution in [3.05, 3.63) is 29.3 Å². The Labute approximate surface area is 90.3 Å². The normalized spacial score (nSPS) is 11.0. The third-order valence-electron chi connectivity index (χ3n) is 2.24. The third-order valence-corrected chi connectivity index (χ3v) is 3.87. The molecule has 0 saturated carbocycles. The van der Waals surface area contributed by atoms with Crippen molar-refractivity contribution in [2.75, 3.05) is 5.75 Å². The molecule has 0 aliphatic rings. The zero-order valence-corrected chi connectivity index (χ0v) is 9.63. The second-order valence-corrected chi connectivity index (χ2v) is 5.33. The summed E-state index contributed by atoms with van der Waals surface area (Å²) in [5.74, 6) is -0.459. The number of hydrogen-bond donors (Lipinski definition) is 0. The van der Waals surface area contributed by atoms with Gasteiger partial charge in [-0.1, -0.05) is 19.1 Å². The molecule has 15 heavy (non-hydrogen) atoms. The molecule has 0 radical (unpaired) electrons. The third kappa shape index (κ3) is 2.57. The number of hydrogen-bond acceptors (Lipinski definition) is 3. The van der Waals surface area contributed by atoms with Crippen molar-refractivity contribution < 1.29 is 8.42 Å². The van der Waals surface area contributed by atoms with Gasteiger partial charge in [0.1, 0.15) is 5.75 Å². The highest BCUT2D eigenvalue weighted by Crippen LogP contribution is 2.18. The van der Waals surface area contributed by atoms with E-state index in [1.165, 1.54) is 0 Å². The molecule has 0 bridgehead atoms. The predicted octanol–water partition coefficient (Wildman–Crippen LogP) is 1.85. The summed E-state index contributed by atoms with van der Waals surface area (Å²) in [6.07, 6.45) is 0.874. The van der Waals surface area contributed by atoms with E-state index in [4.69, 9.17) is 5.26 Å². The highest BCUT2D eigenvalue weighted by Gasteiger charge is 2.16. The molecule has 0 aliphatic heterocycles. The van der Waals surface area contributed by atoms with Crippen LogP contribution in [-0.4, -0.2) is 14.2 Å². The van der Waals surface area contributed by atoms with Gasteiger partial charge in [0.25, 0.3) is 0 Å². The highest BCUT2D eigenvalue weighted by molar-refractivity contribution is 7.91. The van der Waals surface area contributed by atoms with Crippen LogP contribution >= 0.6 is 0 Å². The molecule has 0 fully saturated rings. The number of sulfone groups is 1. The molecule has 3 nitrogen and oxygen atoms in total. The smallest absolute Gasteiger partial charge is 0.191 e. The van der Waals surface area contributed by atoms with E-state index in [0.29, 0.717) is 5.56 Å². The summed E-state index contributed by atoms with van der Waals surface area (Å²) in [6.45, 7) is 3.77. The molecule has 0 spiro atoms. The molecule has 80 valence electrons. The summed E-state index contributed by atoms with van der Waals surface area (Å²) >= 11 is 0. The zero-order chi connectivity index (χ0) is 11.5. The Balaban J connectivity index is 3.24. The van der Waals surface area contributed by atoms with Crippen LogP contribution < -0.4 is 0 Å². The van der Waals surface area contributed by atoms with Gasteiger partial charge >= 0.3 is 0 Å². The molecule has 0 aromatic heterocycles. The molecular weight excluding hydrogens is 210 g/mol. The number of rotatable bonds is 3. The second-order valence-electron chi connectivity index (χ2n) is 3.37. The van der Waals surface area contributed by atoms with E-state index in [1.54, 1.807) is 25.1 Å². The minimum Gasteiger partial charge on any atom is -0.223 e. The molecule has 1 rings (SSSR count). The molecule has 0 unspecified atom stereocenters. The van der Waals surface area contributed by atoms with Crippen LogP contribution in [0.4, 0.5) is 0 Å². The number of benzene rings is 1. The van der Waals surface area contributed by atoms with E-state index in [2.05, 4.69) is 0 Å². The lowest BCUT2D eigenvalue weighted by molar-refractivity contribution is 0.598. The molecule has 0 aliphatic carbocycles. The van der Waals surface area contributed by atoms with Crippen LogP contribution in [0.15, 0.2) is 23.1 Å². The van der Waals surface area contributed by atoms with Crippen molar-refractivity contribution in [1.82, 2.24) is 0 Å². The highest BCUT2D eigenvalue weighted by atomic mass is 32.2. The van der Waals surface area contributed by atoms with Gasteiger partial charge in [-0.2, -0.15) is 5.26 Å². The van der Waals surface area contributed by atoms with Crippen LogP contribution in [0.3, 0.4) is 0 Å². The summed E-state index contributed by atoms with van der Waals surface area (Å²) in [7, 11) is -3.43. The Kier molecular flexibility index (Phi) is 3.48. The van der Waals surface area contributed by atoms with Crippen LogP contribution in [0.5, 0.6) is 0 Å². The van der Waals surface area contributed by atoms with Crippen molar-refractivity contribution in [2.45, 2.75) is 25.2 Å². The first-order valence-electron chi connectivity index (χ1n) is 4.70. The SMILES string of the molecule is CCc1ccc(S(=O)(=O)CC#N)c(C)c1. The maximum absolute atomic E-state index is 11.6. The largest absolute Gasteiger partial charge is 0.223 e. The predicted molar refractivity (Wildman–Crippen MR) is 58.2 cm³/mol. The lowest BCUT2D eigenvalue weighted by Gasteiger charge is -2.06. The summed E-state index contributed by atoms with van der Waals surface area (Å²) in [5, 5.41) is 8.43. The van der Waals surface area contributed by atoms with E-state index in [1.807, 2.05) is 13.0 Å². The number of nitrogens with zero attached hydrogens (tertiary/aromatic N) is 1. The quantitative estimate of drug-likeness (QED) is 0.785. The molecular formula is C11H13NO2S. The Hall–Kier alpha value is -1.34. The molecule has 0 amide bonds. The molecule has 1 aromatic carbocycles. The van der Waals surface area contributed by atoms with Crippen LogP contribution in [0.2, 0.25) is 0 Å². The fraction of sp³-hybridized carbons (Fsp3) is 0.364. The Bertz CT molecular complexity index is 498. The first kappa shape index (κ1) is 11.7. The molecule has 0 heterocycles. The topological polar surface area (TPSA) is 57.9 Å². The Morgan fingerprint density at radius 3 is 2.53 bits per heavy atom. The average molecular weight is 223 g/mol. The van der Waals surface area contributed by atoms with Crippen molar-refractivity contribution >= 4 is 9.84 Å². The van der Waals surface area contributed by atoms with E-state index in [0.717, 1.165) is 12.0 Å². The van der Waals surface area contributed by atoms with Gasteiger partial charge in [-0.15, -0.1) is 0 Å². The van der Waals surface area contributed by atoms with Crippen LogP contribution in [0.25, 0.3) is 0 Å². The molecule has 0 saturated heterocycles. The van der Waals surface area contributed by atoms with Gasteiger partial charge in [-0.3, -0.25) is 0 Å². The van der Waals surface area contributed by atoms with Crippen LogP contribution in [0.1, 0.15) is 18.1 Å². The zero-order valence-electron chi connectivity index (χ0n) is 8.82. The van der Waals surface area contributed by atoms with Crippen LogP contribution in [-0.2, 0) is 16.3 Å².